The fourth-order valence-corrected chi connectivity index (χ4v) is 1.76. The summed E-state index contributed by atoms with van der Waals surface area (Å²) in [5.41, 5.74) is 1.55. The number of rotatable bonds is 4. The second kappa shape index (κ2) is 5.48. The van der Waals surface area contributed by atoms with Gasteiger partial charge in [-0.3, -0.25) is 0 Å². The van der Waals surface area contributed by atoms with Crippen LogP contribution in [0.2, 0.25) is 0 Å². The van der Waals surface area contributed by atoms with E-state index < -0.39 is 0 Å². The van der Waals surface area contributed by atoms with Gasteiger partial charge in [-0.05, 0) is 19.1 Å². The van der Waals surface area contributed by atoms with Crippen molar-refractivity contribution in [3.05, 3.63) is 12.5 Å². The van der Waals surface area contributed by atoms with E-state index in [1.807, 2.05) is 6.26 Å². The molecule has 0 aromatic carbocycles. The number of thioether (sulfide) groups is 1. The third kappa shape index (κ3) is 2.69. The lowest BCUT2D eigenvalue weighted by molar-refractivity contribution is 0.558. The summed E-state index contributed by atoms with van der Waals surface area (Å²) in [4.78, 5) is 17.2. The maximum atomic E-state index is 4.47. The van der Waals surface area contributed by atoms with Crippen molar-refractivity contribution >= 4 is 28.6 Å². The van der Waals surface area contributed by atoms with Gasteiger partial charge in [0, 0.05) is 6.04 Å². The van der Waals surface area contributed by atoms with E-state index in [9.17, 15) is 0 Å². The molecule has 1 atom stereocenters. The fraction of sp³-hybridized carbons (Fsp3) is 0.500. The number of anilines is 1. The highest BCUT2D eigenvalue weighted by Gasteiger charge is 2.12. The van der Waals surface area contributed by atoms with Crippen molar-refractivity contribution in [1.29, 1.82) is 0 Å². The Kier molecular flexibility index (Phi) is 3.96. The van der Waals surface area contributed by atoms with E-state index >= 15 is 0 Å². The molecular weight excluding hydrogens is 246 g/mol. The number of nitrogens with zero attached hydrogens (tertiary/aromatic N) is 4. The first-order chi connectivity index (χ1) is 8.61. The zero-order valence-corrected chi connectivity index (χ0v) is 11.8. The molecule has 0 saturated heterocycles. The van der Waals surface area contributed by atoms with Crippen LogP contribution in [0.25, 0.3) is 11.0 Å². The summed E-state index contributed by atoms with van der Waals surface area (Å²) in [7, 11) is 0. The number of hydrogen-bond donors (Lipinski definition) is 1. The second-order valence-corrected chi connectivity index (χ2v) is 5.26. The lowest BCUT2D eigenvalue weighted by atomic mass is 10.1. The van der Waals surface area contributed by atoms with E-state index in [1.54, 1.807) is 12.5 Å². The van der Waals surface area contributed by atoms with Crippen LogP contribution in [0.1, 0.15) is 20.8 Å². The third-order valence-electron chi connectivity index (χ3n) is 2.90. The van der Waals surface area contributed by atoms with Gasteiger partial charge in [-0.25, -0.2) is 19.9 Å². The van der Waals surface area contributed by atoms with Gasteiger partial charge in [-0.2, -0.15) is 0 Å². The molecule has 0 amide bonds. The molecule has 2 aromatic rings. The predicted molar refractivity (Wildman–Crippen MR) is 74.8 cm³/mol. The molecule has 5 nitrogen and oxygen atoms in total. The normalized spacial score (nSPS) is 12.9. The first kappa shape index (κ1) is 13.0. The summed E-state index contributed by atoms with van der Waals surface area (Å²) in [6, 6.07) is 0.329. The van der Waals surface area contributed by atoms with Gasteiger partial charge in [0.25, 0.3) is 0 Å². The van der Waals surface area contributed by atoms with Crippen molar-refractivity contribution < 1.29 is 0 Å². The van der Waals surface area contributed by atoms with Crippen LogP contribution in [0.4, 0.5) is 5.82 Å². The number of aromatic nitrogens is 4. The monoisotopic (exact) mass is 263 g/mol. The van der Waals surface area contributed by atoms with Crippen LogP contribution in [-0.4, -0.2) is 32.2 Å². The average Bonchev–Trinajstić information content (AvgIpc) is 2.38. The van der Waals surface area contributed by atoms with Crippen LogP contribution in [0.5, 0.6) is 0 Å². The van der Waals surface area contributed by atoms with Gasteiger partial charge >= 0.3 is 0 Å². The minimum atomic E-state index is 0.329. The molecular formula is C12H17N5S. The second-order valence-electron chi connectivity index (χ2n) is 4.49. The Morgan fingerprint density at radius 3 is 2.61 bits per heavy atom. The van der Waals surface area contributed by atoms with Crippen molar-refractivity contribution in [2.45, 2.75) is 32.0 Å². The van der Waals surface area contributed by atoms with Gasteiger partial charge in [0.15, 0.2) is 11.0 Å². The van der Waals surface area contributed by atoms with Crippen LogP contribution >= 0.6 is 11.8 Å². The van der Waals surface area contributed by atoms with Crippen molar-refractivity contribution in [3.8, 4) is 0 Å². The van der Waals surface area contributed by atoms with Crippen LogP contribution in [-0.2, 0) is 0 Å². The summed E-state index contributed by atoms with van der Waals surface area (Å²) in [6.07, 6.45) is 5.23. The highest BCUT2D eigenvalue weighted by atomic mass is 32.2. The van der Waals surface area contributed by atoms with Gasteiger partial charge in [-0.1, -0.05) is 25.6 Å². The Balaban J connectivity index is 2.43. The summed E-state index contributed by atoms with van der Waals surface area (Å²) >= 11 is 1.51. The van der Waals surface area contributed by atoms with Crippen molar-refractivity contribution in [3.63, 3.8) is 0 Å². The maximum Gasteiger partial charge on any atom is 0.188 e. The van der Waals surface area contributed by atoms with Crippen LogP contribution < -0.4 is 5.32 Å². The molecule has 0 bridgehead atoms. The Morgan fingerprint density at radius 1 is 1.17 bits per heavy atom. The molecule has 2 aromatic heterocycles. The van der Waals surface area contributed by atoms with Crippen molar-refractivity contribution in [2.75, 3.05) is 11.6 Å². The van der Waals surface area contributed by atoms with Gasteiger partial charge in [-0.15, -0.1) is 0 Å². The van der Waals surface area contributed by atoms with E-state index in [2.05, 4.69) is 46.0 Å². The molecule has 6 heteroatoms. The Hall–Kier alpha value is -1.43. The Labute approximate surface area is 111 Å². The van der Waals surface area contributed by atoms with Crippen molar-refractivity contribution in [2.24, 2.45) is 5.92 Å². The molecule has 0 aliphatic heterocycles. The van der Waals surface area contributed by atoms with Crippen LogP contribution in [0.15, 0.2) is 17.7 Å². The molecule has 2 rings (SSSR count). The van der Waals surface area contributed by atoms with Gasteiger partial charge in [0.1, 0.15) is 17.4 Å². The summed E-state index contributed by atoms with van der Waals surface area (Å²) < 4.78 is 0. The minimum absolute atomic E-state index is 0.329. The van der Waals surface area contributed by atoms with Crippen molar-refractivity contribution in [1.82, 2.24) is 19.9 Å². The molecule has 0 aliphatic rings. The van der Waals surface area contributed by atoms with E-state index in [-0.39, 0.29) is 0 Å². The number of hydrogen-bond acceptors (Lipinski definition) is 6. The topological polar surface area (TPSA) is 63.6 Å². The molecule has 96 valence electrons. The fourth-order valence-electron chi connectivity index (χ4n) is 1.42. The van der Waals surface area contributed by atoms with Gasteiger partial charge in [0.05, 0.1) is 6.20 Å². The molecule has 0 radical (unpaired) electrons. The van der Waals surface area contributed by atoms with E-state index in [4.69, 9.17) is 0 Å². The molecule has 2 heterocycles. The quantitative estimate of drug-likeness (QED) is 0.675. The number of nitrogens with one attached hydrogen (secondary N) is 1. The highest BCUT2D eigenvalue weighted by Crippen LogP contribution is 2.20. The van der Waals surface area contributed by atoms with E-state index in [0.717, 1.165) is 22.0 Å². The van der Waals surface area contributed by atoms with E-state index in [1.165, 1.54) is 11.8 Å². The SMILES string of the molecule is CSc1ncc2ncnc(NC(C)C(C)C)c2n1. The molecule has 0 aliphatic carbocycles. The summed E-state index contributed by atoms with van der Waals surface area (Å²) in [6.45, 7) is 6.47. The zero-order chi connectivity index (χ0) is 13.1. The molecule has 1 N–H and O–H groups in total. The molecule has 18 heavy (non-hydrogen) atoms. The average molecular weight is 263 g/mol. The lowest BCUT2D eigenvalue weighted by Crippen LogP contribution is -2.22. The Morgan fingerprint density at radius 2 is 1.94 bits per heavy atom. The summed E-state index contributed by atoms with van der Waals surface area (Å²) in [5, 5.41) is 4.12. The molecule has 0 spiro atoms. The van der Waals surface area contributed by atoms with Gasteiger partial charge in [0.2, 0.25) is 0 Å². The minimum Gasteiger partial charge on any atom is -0.365 e. The standard InChI is InChI=1S/C12H17N5S/c1-7(2)8(3)16-11-10-9(14-6-15-11)5-13-12(17-10)18-4/h5-8H,1-4H3,(H,14,15,16). The predicted octanol–water partition coefficient (Wildman–Crippen LogP) is 2.60. The van der Waals surface area contributed by atoms with E-state index in [0.29, 0.717) is 12.0 Å². The van der Waals surface area contributed by atoms with Crippen LogP contribution in [0.3, 0.4) is 0 Å². The first-order valence-corrected chi connectivity index (χ1v) is 7.12. The molecule has 0 saturated carbocycles. The van der Waals surface area contributed by atoms with Gasteiger partial charge < -0.3 is 5.32 Å². The van der Waals surface area contributed by atoms with Crippen LogP contribution in [0, 0.1) is 5.92 Å². The smallest absolute Gasteiger partial charge is 0.188 e. The lowest BCUT2D eigenvalue weighted by Gasteiger charge is -2.18. The Bertz CT molecular complexity index is 543. The maximum absolute atomic E-state index is 4.47. The highest BCUT2D eigenvalue weighted by molar-refractivity contribution is 7.98. The third-order valence-corrected chi connectivity index (χ3v) is 3.46. The number of fused-ring (bicyclic) bond motifs is 1. The largest absolute Gasteiger partial charge is 0.365 e. The summed E-state index contributed by atoms with van der Waals surface area (Å²) in [5.74, 6) is 1.30. The molecule has 0 fully saturated rings. The zero-order valence-electron chi connectivity index (χ0n) is 11.0. The molecule has 1 unspecified atom stereocenters. The first-order valence-electron chi connectivity index (χ1n) is 5.90.